The third-order valence-electron chi connectivity index (χ3n) is 5.88. The van der Waals surface area contributed by atoms with Crippen LogP contribution in [0.1, 0.15) is 45.2 Å². The van der Waals surface area contributed by atoms with E-state index in [2.05, 4.69) is 5.32 Å². The molecule has 0 fully saturated rings. The molecule has 3 aliphatic heterocycles. The largest absolute Gasteiger partial charge is 0.490 e. The summed E-state index contributed by atoms with van der Waals surface area (Å²) in [5.41, 5.74) is 3.26. The van der Waals surface area contributed by atoms with Gasteiger partial charge in [-0.25, -0.2) is 0 Å². The summed E-state index contributed by atoms with van der Waals surface area (Å²) in [6, 6.07) is 9.60. The highest BCUT2D eigenvalue weighted by Crippen LogP contribution is 2.36. The molecule has 7 nitrogen and oxygen atoms in total. The average Bonchev–Trinajstić information content (AvgIpc) is 2.92. The molecule has 1 atom stereocenters. The first-order valence-corrected chi connectivity index (χ1v) is 10.4. The molecule has 0 radical (unpaired) electrons. The molecule has 0 saturated carbocycles. The van der Waals surface area contributed by atoms with Crippen molar-refractivity contribution in [3.63, 3.8) is 0 Å². The van der Waals surface area contributed by atoms with E-state index >= 15 is 0 Å². The van der Waals surface area contributed by atoms with Crippen LogP contribution in [0, 0.1) is 0 Å². The van der Waals surface area contributed by atoms with Gasteiger partial charge in [0.15, 0.2) is 17.3 Å². The molecule has 2 amide bonds. The van der Waals surface area contributed by atoms with Crippen molar-refractivity contribution >= 4 is 23.3 Å². The molecular weight excluding hydrogens is 396 g/mol. The van der Waals surface area contributed by atoms with E-state index in [-0.39, 0.29) is 5.78 Å². The molecule has 0 spiro atoms. The van der Waals surface area contributed by atoms with E-state index in [1.165, 1.54) is 6.08 Å². The van der Waals surface area contributed by atoms with Crippen molar-refractivity contribution < 1.29 is 23.9 Å². The van der Waals surface area contributed by atoms with Gasteiger partial charge in [-0.15, -0.1) is 0 Å². The van der Waals surface area contributed by atoms with E-state index in [0.29, 0.717) is 42.3 Å². The van der Waals surface area contributed by atoms with E-state index in [4.69, 9.17) is 9.47 Å². The highest BCUT2D eigenvalue weighted by Gasteiger charge is 2.40. The van der Waals surface area contributed by atoms with Crippen LogP contribution in [0.4, 0.5) is 0 Å². The zero-order valence-electron chi connectivity index (χ0n) is 17.1. The van der Waals surface area contributed by atoms with Crippen LogP contribution in [0.2, 0.25) is 0 Å². The monoisotopic (exact) mass is 418 g/mol. The fraction of sp³-hybridized carbons (Fsp3) is 0.292. The molecule has 5 rings (SSSR count). The van der Waals surface area contributed by atoms with E-state index in [1.54, 1.807) is 31.2 Å². The molecule has 158 valence electrons. The second-order valence-corrected chi connectivity index (χ2v) is 7.85. The molecule has 2 aromatic carbocycles. The number of benzene rings is 2. The number of nitrogens with one attached hydrogen (secondary N) is 1. The minimum atomic E-state index is -0.910. The maximum Gasteiger partial charge on any atom is 0.262 e. The molecule has 0 aliphatic carbocycles. The summed E-state index contributed by atoms with van der Waals surface area (Å²) in [7, 11) is 0. The van der Waals surface area contributed by atoms with Gasteiger partial charge in [-0.1, -0.05) is 12.1 Å². The maximum atomic E-state index is 13.1. The summed E-state index contributed by atoms with van der Waals surface area (Å²) >= 11 is 0. The Labute approximate surface area is 179 Å². The van der Waals surface area contributed by atoms with Crippen molar-refractivity contribution in [1.29, 1.82) is 0 Å². The first kappa shape index (κ1) is 19.4. The lowest BCUT2D eigenvalue weighted by molar-refractivity contribution is -0.117. The lowest BCUT2D eigenvalue weighted by Crippen LogP contribution is -2.42. The van der Waals surface area contributed by atoms with Crippen molar-refractivity contribution in [2.45, 2.75) is 25.8 Å². The lowest BCUT2D eigenvalue weighted by Gasteiger charge is -2.24. The molecule has 0 saturated heterocycles. The van der Waals surface area contributed by atoms with Gasteiger partial charge in [-0.05, 0) is 43.2 Å². The van der Waals surface area contributed by atoms with Crippen LogP contribution in [-0.4, -0.2) is 48.3 Å². The third-order valence-corrected chi connectivity index (χ3v) is 5.88. The van der Waals surface area contributed by atoms with Crippen molar-refractivity contribution in [3.05, 3.63) is 64.7 Å². The molecule has 31 heavy (non-hydrogen) atoms. The molecule has 2 aromatic rings. The Bertz CT molecular complexity index is 1100. The zero-order chi connectivity index (χ0) is 21.5. The van der Waals surface area contributed by atoms with Crippen molar-refractivity contribution in [3.8, 4) is 11.5 Å². The van der Waals surface area contributed by atoms with Crippen molar-refractivity contribution in [2.24, 2.45) is 0 Å². The van der Waals surface area contributed by atoms with Gasteiger partial charge in [0.25, 0.3) is 11.8 Å². The van der Waals surface area contributed by atoms with Gasteiger partial charge in [-0.3, -0.25) is 19.3 Å². The van der Waals surface area contributed by atoms with Gasteiger partial charge < -0.3 is 14.8 Å². The number of fused-ring (bicyclic) bond motifs is 3. The number of ether oxygens (including phenoxy) is 2. The normalized spacial score (nSPS) is 19.4. The van der Waals surface area contributed by atoms with Crippen LogP contribution in [0.3, 0.4) is 0 Å². The number of imide groups is 1. The Morgan fingerprint density at radius 1 is 1.03 bits per heavy atom. The summed E-state index contributed by atoms with van der Waals surface area (Å²) in [6.07, 6.45) is 3.10. The minimum absolute atomic E-state index is 0.322. The molecule has 0 unspecified atom stereocenters. The standard InChI is InChI=1S/C24H22N2O5/c1-14(26-23(28)16-5-2-3-6-17(16)24(26)29)20(27)13-19-18-12-22-21(30-9-4-10-31-22)11-15(18)7-8-25-19/h2-3,5-6,11-14,25H,4,7-10H2,1H3/b19-13-/t14-/m0/s1. The SMILES string of the molecule is C[C@@H](C(=O)/C=C1\NCCc2cc3c(cc21)OCCCO3)N1C(=O)c2ccccc2C1=O. The van der Waals surface area contributed by atoms with Crippen LogP contribution in [0.5, 0.6) is 11.5 Å². The van der Waals surface area contributed by atoms with E-state index in [9.17, 15) is 14.4 Å². The number of amides is 2. The number of hydrogen-bond acceptors (Lipinski definition) is 6. The second kappa shape index (κ2) is 7.58. The predicted molar refractivity (Wildman–Crippen MR) is 113 cm³/mol. The van der Waals surface area contributed by atoms with Gasteiger partial charge in [0.2, 0.25) is 0 Å². The summed E-state index contributed by atoms with van der Waals surface area (Å²) in [5.74, 6) is 0.187. The first-order valence-electron chi connectivity index (χ1n) is 10.4. The number of nitrogens with zero attached hydrogens (tertiary/aromatic N) is 1. The van der Waals surface area contributed by atoms with Crippen LogP contribution in [-0.2, 0) is 11.2 Å². The quantitative estimate of drug-likeness (QED) is 0.609. The van der Waals surface area contributed by atoms with Gasteiger partial charge in [0, 0.05) is 30.3 Å². The van der Waals surface area contributed by atoms with Gasteiger partial charge in [-0.2, -0.15) is 0 Å². The summed E-state index contributed by atoms with van der Waals surface area (Å²) in [6.45, 7) is 3.45. The summed E-state index contributed by atoms with van der Waals surface area (Å²) in [5, 5.41) is 3.27. The van der Waals surface area contributed by atoms with E-state index in [1.807, 2.05) is 12.1 Å². The molecule has 7 heteroatoms. The smallest absolute Gasteiger partial charge is 0.262 e. The maximum absolute atomic E-state index is 13.1. The lowest BCUT2D eigenvalue weighted by atomic mass is 9.95. The topological polar surface area (TPSA) is 84.9 Å². The Kier molecular flexibility index (Phi) is 4.73. The minimum Gasteiger partial charge on any atom is -0.490 e. The number of ketones is 1. The number of carbonyl (C=O) groups is 3. The fourth-order valence-electron chi connectivity index (χ4n) is 4.21. The molecule has 3 aliphatic rings. The molecule has 0 aromatic heterocycles. The Morgan fingerprint density at radius 3 is 2.35 bits per heavy atom. The van der Waals surface area contributed by atoms with Crippen LogP contribution in [0.15, 0.2) is 42.5 Å². The Hall–Kier alpha value is -3.61. The van der Waals surface area contributed by atoms with Crippen molar-refractivity contribution in [1.82, 2.24) is 10.2 Å². The molecular formula is C24H22N2O5. The second-order valence-electron chi connectivity index (χ2n) is 7.85. The highest BCUT2D eigenvalue weighted by molar-refractivity contribution is 6.23. The van der Waals surface area contributed by atoms with Crippen LogP contribution in [0.25, 0.3) is 5.70 Å². The first-order chi connectivity index (χ1) is 15.0. The van der Waals surface area contributed by atoms with Crippen LogP contribution < -0.4 is 14.8 Å². The summed E-state index contributed by atoms with van der Waals surface area (Å²) in [4.78, 5) is 39.6. The Balaban J connectivity index is 1.44. The number of rotatable bonds is 3. The van der Waals surface area contributed by atoms with E-state index < -0.39 is 17.9 Å². The van der Waals surface area contributed by atoms with Gasteiger partial charge >= 0.3 is 0 Å². The number of hydrogen-bond donors (Lipinski definition) is 1. The van der Waals surface area contributed by atoms with Gasteiger partial charge in [0.05, 0.1) is 24.3 Å². The number of carbonyl (C=O) groups excluding carboxylic acids is 3. The molecule has 3 heterocycles. The van der Waals surface area contributed by atoms with Gasteiger partial charge in [0.1, 0.15) is 6.04 Å². The molecule has 0 bridgehead atoms. The fourth-order valence-corrected chi connectivity index (χ4v) is 4.21. The third kappa shape index (κ3) is 3.26. The van der Waals surface area contributed by atoms with E-state index in [0.717, 1.165) is 34.6 Å². The highest BCUT2D eigenvalue weighted by atomic mass is 16.5. The molecule has 1 N–H and O–H groups in total. The summed E-state index contributed by atoms with van der Waals surface area (Å²) < 4.78 is 11.6. The zero-order valence-corrected chi connectivity index (χ0v) is 17.1. The predicted octanol–water partition coefficient (Wildman–Crippen LogP) is 2.59. The Morgan fingerprint density at radius 2 is 1.68 bits per heavy atom. The average molecular weight is 418 g/mol. The van der Waals surface area contributed by atoms with Crippen LogP contribution >= 0.6 is 0 Å². The van der Waals surface area contributed by atoms with Crippen molar-refractivity contribution in [2.75, 3.05) is 19.8 Å².